The first-order valence-electron chi connectivity index (χ1n) is 10.5. The number of carbonyl (C=O) groups is 1. The first kappa shape index (κ1) is 30.2. The summed E-state index contributed by atoms with van der Waals surface area (Å²) in [6.45, 7) is 5.49. The predicted octanol–water partition coefficient (Wildman–Crippen LogP) is 8.18. The van der Waals surface area contributed by atoms with E-state index in [1.54, 1.807) is 0 Å². The number of halogens is 8. The van der Waals surface area contributed by atoms with E-state index in [2.05, 4.69) is 0 Å². The molecule has 0 radical (unpaired) electrons. The van der Waals surface area contributed by atoms with Crippen molar-refractivity contribution in [3.8, 4) is 5.75 Å². The zero-order chi connectivity index (χ0) is 27.2. The first-order chi connectivity index (χ1) is 15.9. The molecule has 0 saturated heterocycles. The van der Waals surface area contributed by atoms with E-state index in [4.69, 9.17) is 9.84 Å². The van der Waals surface area contributed by atoms with Gasteiger partial charge >= 0.3 is 24.2 Å². The van der Waals surface area contributed by atoms with Gasteiger partial charge in [-0.2, -0.15) is 35.1 Å². The van der Waals surface area contributed by atoms with Gasteiger partial charge in [-0.1, -0.05) is 32.1 Å². The van der Waals surface area contributed by atoms with Crippen LogP contribution in [-0.2, 0) is 10.7 Å². The van der Waals surface area contributed by atoms with Crippen LogP contribution in [0.15, 0.2) is 42.0 Å². The van der Waals surface area contributed by atoms with Gasteiger partial charge in [-0.05, 0) is 55.0 Å². The summed E-state index contributed by atoms with van der Waals surface area (Å²) in [4.78, 5) is 10.7. The second-order valence-corrected chi connectivity index (χ2v) is 8.17. The Morgan fingerprint density at radius 3 is 2.14 bits per heavy atom. The van der Waals surface area contributed by atoms with Crippen LogP contribution < -0.4 is 4.74 Å². The molecular formula is C24H26F8O3. The lowest BCUT2D eigenvalue weighted by atomic mass is 9.91. The topological polar surface area (TPSA) is 46.5 Å². The Hall–Kier alpha value is -2.85. The molecule has 1 rings (SSSR count). The Kier molecular flexibility index (Phi) is 10.1. The third kappa shape index (κ3) is 9.03. The molecule has 1 aromatic carbocycles. The lowest BCUT2D eigenvalue weighted by Gasteiger charge is -2.25. The van der Waals surface area contributed by atoms with E-state index in [9.17, 15) is 39.9 Å². The van der Waals surface area contributed by atoms with Crippen LogP contribution in [0.5, 0.6) is 5.75 Å². The maximum Gasteiger partial charge on any atom is 0.458 e. The predicted molar refractivity (Wildman–Crippen MR) is 115 cm³/mol. The summed E-state index contributed by atoms with van der Waals surface area (Å²) in [5.74, 6) is -7.08. The second kappa shape index (κ2) is 11.7. The van der Waals surface area contributed by atoms with E-state index < -0.39 is 55.2 Å². The Balaban J connectivity index is 3.62. The van der Waals surface area contributed by atoms with Crippen LogP contribution in [0.25, 0.3) is 5.57 Å². The van der Waals surface area contributed by atoms with E-state index in [1.165, 1.54) is 45.9 Å². The van der Waals surface area contributed by atoms with E-state index in [0.717, 1.165) is 6.08 Å². The Labute approximate surface area is 197 Å². The average molecular weight is 514 g/mol. The van der Waals surface area contributed by atoms with Gasteiger partial charge in [0.05, 0.1) is 6.61 Å². The molecule has 0 amide bonds. The van der Waals surface area contributed by atoms with Crippen LogP contribution in [0.3, 0.4) is 0 Å². The van der Waals surface area contributed by atoms with Gasteiger partial charge in [0.1, 0.15) is 5.75 Å². The molecule has 0 heterocycles. The van der Waals surface area contributed by atoms with Crippen LogP contribution in [0.4, 0.5) is 35.1 Å². The smallest absolute Gasteiger partial charge is 0.458 e. The molecule has 0 aromatic heterocycles. The van der Waals surface area contributed by atoms with Crippen molar-refractivity contribution in [1.29, 1.82) is 0 Å². The quantitative estimate of drug-likeness (QED) is 0.148. The average Bonchev–Trinajstić information content (AvgIpc) is 2.68. The minimum atomic E-state index is -5.87. The van der Waals surface area contributed by atoms with E-state index in [-0.39, 0.29) is 22.4 Å². The van der Waals surface area contributed by atoms with Gasteiger partial charge in [0.25, 0.3) is 0 Å². The van der Waals surface area contributed by atoms with Crippen molar-refractivity contribution in [2.24, 2.45) is 0 Å². The second-order valence-electron chi connectivity index (χ2n) is 8.17. The van der Waals surface area contributed by atoms with E-state index >= 15 is 0 Å². The Morgan fingerprint density at radius 2 is 1.66 bits per heavy atom. The maximum atomic E-state index is 14.2. The van der Waals surface area contributed by atoms with Gasteiger partial charge in [0, 0.05) is 23.6 Å². The van der Waals surface area contributed by atoms with Crippen LogP contribution in [0.2, 0.25) is 0 Å². The summed E-state index contributed by atoms with van der Waals surface area (Å²) in [5.41, 5.74) is -0.994. The molecule has 0 aliphatic rings. The molecule has 0 atom stereocenters. The SMILES string of the molecule is CC(C=CC=C(C)c1cc(C(F)(F)C(F)(F)F)cc(C(C)C)c1OCCCC(F)(F)F)=CC(=O)O. The number of hydrogen-bond acceptors (Lipinski definition) is 2. The zero-order valence-corrected chi connectivity index (χ0v) is 19.5. The molecule has 3 nitrogen and oxygen atoms in total. The number of ether oxygens (including phenoxy) is 1. The van der Waals surface area contributed by atoms with Crippen LogP contribution >= 0.6 is 0 Å². The highest BCUT2D eigenvalue weighted by Crippen LogP contribution is 2.47. The lowest BCUT2D eigenvalue weighted by molar-refractivity contribution is -0.289. The highest BCUT2D eigenvalue weighted by Gasteiger charge is 2.59. The number of carboxylic acid groups (broad SMARTS) is 1. The van der Waals surface area contributed by atoms with Gasteiger partial charge < -0.3 is 9.84 Å². The molecule has 0 unspecified atom stereocenters. The fourth-order valence-corrected chi connectivity index (χ4v) is 3.00. The summed E-state index contributed by atoms with van der Waals surface area (Å²) < 4.78 is 111. The first-order valence-corrected chi connectivity index (χ1v) is 10.5. The minimum absolute atomic E-state index is 0.0212. The molecule has 0 aliphatic heterocycles. The normalized spacial score (nSPS) is 14.2. The molecule has 1 aromatic rings. The van der Waals surface area contributed by atoms with Crippen molar-refractivity contribution >= 4 is 11.5 Å². The molecular weight excluding hydrogens is 488 g/mol. The molecule has 11 heteroatoms. The molecule has 0 aliphatic carbocycles. The largest absolute Gasteiger partial charge is 0.493 e. The molecule has 0 saturated carbocycles. The molecule has 0 bridgehead atoms. The number of allylic oxidation sites excluding steroid dienone is 5. The van der Waals surface area contributed by atoms with Gasteiger partial charge in [0.15, 0.2) is 0 Å². The third-order valence-corrected chi connectivity index (χ3v) is 4.79. The molecule has 196 valence electrons. The number of benzene rings is 1. The van der Waals surface area contributed by atoms with Crippen molar-refractivity contribution in [2.45, 2.75) is 64.7 Å². The number of aliphatic carboxylic acids is 1. The zero-order valence-electron chi connectivity index (χ0n) is 19.5. The van der Waals surface area contributed by atoms with Gasteiger partial charge in [-0.3, -0.25) is 0 Å². The van der Waals surface area contributed by atoms with Crippen molar-refractivity contribution in [1.82, 2.24) is 0 Å². The molecule has 35 heavy (non-hydrogen) atoms. The Morgan fingerprint density at radius 1 is 1.06 bits per heavy atom. The molecule has 0 spiro atoms. The standard InChI is InChI=1S/C24H26F8O3/c1-14(2)18-12-17(23(28,29)24(30,31)32)13-19(21(18)35-10-6-9-22(25,26)27)16(4)8-5-7-15(3)11-20(33)34/h5,7-8,11-14H,6,9-10H2,1-4H3,(H,33,34). The molecule has 0 fully saturated rings. The van der Waals surface area contributed by atoms with Gasteiger partial charge in [-0.25, -0.2) is 4.79 Å². The van der Waals surface area contributed by atoms with E-state index in [1.807, 2.05) is 0 Å². The number of hydrogen-bond donors (Lipinski definition) is 1. The monoisotopic (exact) mass is 514 g/mol. The summed E-state index contributed by atoms with van der Waals surface area (Å²) in [6, 6.07) is 1.27. The third-order valence-electron chi connectivity index (χ3n) is 4.79. The van der Waals surface area contributed by atoms with Gasteiger partial charge in [-0.15, -0.1) is 0 Å². The summed E-state index contributed by atoms with van der Waals surface area (Å²) in [6.07, 6.45) is -6.93. The van der Waals surface area contributed by atoms with E-state index in [0.29, 0.717) is 17.7 Å². The van der Waals surface area contributed by atoms with Crippen LogP contribution in [-0.4, -0.2) is 30.0 Å². The number of alkyl halides is 8. The maximum absolute atomic E-state index is 14.2. The Bertz CT molecular complexity index is 984. The van der Waals surface area contributed by atoms with Crippen LogP contribution in [0, 0.1) is 0 Å². The fraction of sp³-hybridized carbons (Fsp3) is 0.458. The van der Waals surface area contributed by atoms with Crippen molar-refractivity contribution in [3.63, 3.8) is 0 Å². The highest BCUT2D eigenvalue weighted by atomic mass is 19.4. The summed E-state index contributed by atoms with van der Waals surface area (Å²) >= 11 is 0. The van der Waals surface area contributed by atoms with Crippen molar-refractivity contribution < 1.29 is 49.8 Å². The van der Waals surface area contributed by atoms with Crippen molar-refractivity contribution in [2.75, 3.05) is 6.61 Å². The van der Waals surface area contributed by atoms with Crippen molar-refractivity contribution in [3.05, 3.63) is 58.7 Å². The summed E-state index contributed by atoms with van der Waals surface area (Å²) in [7, 11) is 0. The number of carboxylic acids is 1. The number of rotatable bonds is 10. The fourth-order valence-electron chi connectivity index (χ4n) is 3.00. The lowest BCUT2D eigenvalue weighted by Crippen LogP contribution is -2.34. The minimum Gasteiger partial charge on any atom is -0.493 e. The summed E-state index contributed by atoms with van der Waals surface area (Å²) in [5, 5.41) is 8.74. The van der Waals surface area contributed by atoms with Crippen LogP contribution in [0.1, 0.15) is 63.1 Å². The van der Waals surface area contributed by atoms with Gasteiger partial charge in [0.2, 0.25) is 0 Å². The molecule has 1 N–H and O–H groups in total. The highest BCUT2D eigenvalue weighted by molar-refractivity contribution is 5.81.